The van der Waals surface area contributed by atoms with E-state index >= 15 is 0 Å². The summed E-state index contributed by atoms with van der Waals surface area (Å²) < 4.78 is 15.3. The van der Waals surface area contributed by atoms with Gasteiger partial charge in [-0.1, -0.05) is 49.4 Å². The van der Waals surface area contributed by atoms with E-state index < -0.39 is 0 Å². The number of halogens is 1. The minimum absolute atomic E-state index is 0.106. The first kappa shape index (κ1) is 23.8. The number of hydrogen-bond acceptors (Lipinski definition) is 5. The maximum atomic E-state index is 13.5. The molecule has 0 aliphatic carbocycles. The number of fused-ring (bicyclic) bond motifs is 1. The first-order chi connectivity index (χ1) is 16.5. The Hall–Kier alpha value is -3.36. The van der Waals surface area contributed by atoms with Crippen LogP contribution in [0.25, 0.3) is 11.0 Å². The molecule has 1 N–H and O–H groups in total. The topological polar surface area (TPSA) is 70.0 Å². The van der Waals surface area contributed by atoms with E-state index in [1.54, 1.807) is 10.8 Å². The van der Waals surface area contributed by atoms with E-state index in [9.17, 15) is 9.18 Å². The molecular weight excluding hydrogens is 431 g/mol. The van der Waals surface area contributed by atoms with Crippen LogP contribution in [0.3, 0.4) is 0 Å². The number of likely N-dealkylation sites (N-methyl/N-ethyl adjacent to an activating group) is 1. The summed E-state index contributed by atoms with van der Waals surface area (Å²) in [5.41, 5.74) is 2.43. The molecule has 1 atom stereocenters. The number of benzene rings is 2. The summed E-state index contributed by atoms with van der Waals surface area (Å²) in [5, 5.41) is 7.41. The van der Waals surface area contributed by atoms with Gasteiger partial charge in [0.05, 0.1) is 18.8 Å². The molecule has 4 aromatic rings. The highest BCUT2D eigenvalue weighted by Gasteiger charge is 2.26. The lowest BCUT2D eigenvalue weighted by molar-refractivity contribution is 0.155. The van der Waals surface area contributed by atoms with E-state index in [2.05, 4.69) is 26.9 Å². The fraction of sp³-hybridized carbons (Fsp3) is 0.346. The number of aromatic amines is 1. The van der Waals surface area contributed by atoms with Crippen molar-refractivity contribution in [2.75, 3.05) is 27.2 Å². The van der Waals surface area contributed by atoms with Crippen LogP contribution < -0.4 is 5.56 Å². The van der Waals surface area contributed by atoms with Crippen molar-refractivity contribution in [1.82, 2.24) is 29.5 Å². The summed E-state index contributed by atoms with van der Waals surface area (Å²) in [6, 6.07) is 16.4. The minimum Gasteiger partial charge on any atom is -0.308 e. The molecule has 1 unspecified atom stereocenters. The normalized spacial score (nSPS) is 12.6. The van der Waals surface area contributed by atoms with E-state index in [0.717, 1.165) is 30.6 Å². The Labute approximate surface area is 198 Å². The highest BCUT2D eigenvalue weighted by Crippen LogP contribution is 2.26. The first-order valence-corrected chi connectivity index (χ1v) is 11.6. The van der Waals surface area contributed by atoms with Crippen LogP contribution in [0.15, 0.2) is 65.6 Å². The van der Waals surface area contributed by atoms with Crippen molar-refractivity contribution in [2.24, 2.45) is 0 Å². The van der Waals surface area contributed by atoms with Crippen LogP contribution in [0.4, 0.5) is 4.39 Å². The predicted molar refractivity (Wildman–Crippen MR) is 132 cm³/mol. The molecule has 0 saturated heterocycles. The van der Waals surface area contributed by atoms with Gasteiger partial charge >= 0.3 is 0 Å². The van der Waals surface area contributed by atoms with Crippen LogP contribution in [0.5, 0.6) is 0 Å². The van der Waals surface area contributed by atoms with Gasteiger partial charge in [0.1, 0.15) is 17.0 Å². The van der Waals surface area contributed by atoms with E-state index in [4.69, 9.17) is 4.98 Å². The molecule has 2 aromatic carbocycles. The van der Waals surface area contributed by atoms with Crippen molar-refractivity contribution >= 4 is 11.0 Å². The van der Waals surface area contributed by atoms with Gasteiger partial charge in [-0.2, -0.15) is 5.10 Å². The van der Waals surface area contributed by atoms with Gasteiger partial charge in [-0.15, -0.1) is 0 Å². The van der Waals surface area contributed by atoms with Crippen LogP contribution in [0.2, 0.25) is 0 Å². The van der Waals surface area contributed by atoms with Crippen molar-refractivity contribution < 1.29 is 4.39 Å². The highest BCUT2D eigenvalue weighted by atomic mass is 19.1. The average Bonchev–Trinajstić information content (AvgIpc) is 3.31. The van der Waals surface area contributed by atoms with Crippen LogP contribution in [0.1, 0.15) is 36.3 Å². The van der Waals surface area contributed by atoms with Crippen molar-refractivity contribution in [3.05, 3.63) is 93.9 Å². The quantitative estimate of drug-likeness (QED) is 0.388. The number of nitrogens with one attached hydrogen (secondary N) is 1. The molecule has 0 bridgehead atoms. The average molecular weight is 463 g/mol. The van der Waals surface area contributed by atoms with Gasteiger partial charge in [0.2, 0.25) is 0 Å². The smallest absolute Gasteiger partial charge is 0.265 e. The second-order valence-electron chi connectivity index (χ2n) is 8.80. The van der Waals surface area contributed by atoms with Gasteiger partial charge in [-0.25, -0.2) is 9.37 Å². The maximum Gasteiger partial charge on any atom is 0.265 e. The molecule has 0 saturated carbocycles. The van der Waals surface area contributed by atoms with Gasteiger partial charge in [-0.3, -0.25) is 19.4 Å². The molecule has 0 spiro atoms. The molecule has 0 fully saturated rings. The van der Waals surface area contributed by atoms with Crippen molar-refractivity contribution in [3.63, 3.8) is 0 Å². The highest BCUT2D eigenvalue weighted by molar-refractivity contribution is 5.72. The Morgan fingerprint density at radius 2 is 1.76 bits per heavy atom. The molecular formula is C26H31FN6O. The largest absolute Gasteiger partial charge is 0.308 e. The second-order valence-corrected chi connectivity index (χ2v) is 8.80. The lowest BCUT2D eigenvalue weighted by atomic mass is 10.1. The zero-order valence-corrected chi connectivity index (χ0v) is 19.9. The van der Waals surface area contributed by atoms with Crippen LogP contribution >= 0.6 is 0 Å². The molecule has 0 aliphatic heterocycles. The molecule has 0 amide bonds. The van der Waals surface area contributed by atoms with Gasteiger partial charge in [0.15, 0.2) is 5.65 Å². The number of hydrogen-bond donors (Lipinski definition) is 1. The molecule has 7 nitrogen and oxygen atoms in total. The van der Waals surface area contributed by atoms with Crippen molar-refractivity contribution in [3.8, 4) is 0 Å². The third-order valence-corrected chi connectivity index (χ3v) is 6.04. The third kappa shape index (κ3) is 5.40. The molecule has 0 aliphatic rings. The Morgan fingerprint density at radius 1 is 1.03 bits per heavy atom. The summed E-state index contributed by atoms with van der Waals surface area (Å²) >= 11 is 0. The lowest BCUT2D eigenvalue weighted by Gasteiger charge is -2.33. The SMILES string of the molecule is CCC(c1nc2[nH]ncc2c(=O)n1Cc1ccccc1)N(CCN(C)C)Cc1ccc(F)cc1. The monoisotopic (exact) mass is 462 g/mol. The van der Waals surface area contributed by atoms with E-state index in [-0.39, 0.29) is 17.4 Å². The first-order valence-electron chi connectivity index (χ1n) is 11.6. The zero-order chi connectivity index (χ0) is 24.1. The maximum absolute atomic E-state index is 13.5. The summed E-state index contributed by atoms with van der Waals surface area (Å²) in [6.45, 7) is 4.76. The van der Waals surface area contributed by atoms with E-state index in [1.165, 1.54) is 12.1 Å². The summed E-state index contributed by atoms with van der Waals surface area (Å²) in [5.74, 6) is 0.452. The van der Waals surface area contributed by atoms with Crippen molar-refractivity contribution in [1.29, 1.82) is 0 Å². The molecule has 8 heteroatoms. The lowest BCUT2D eigenvalue weighted by Crippen LogP contribution is -2.38. The van der Waals surface area contributed by atoms with Gasteiger partial charge < -0.3 is 4.90 Å². The van der Waals surface area contributed by atoms with Crippen molar-refractivity contribution in [2.45, 2.75) is 32.5 Å². The van der Waals surface area contributed by atoms with Gasteiger partial charge in [0.25, 0.3) is 5.56 Å². The van der Waals surface area contributed by atoms with Gasteiger partial charge in [0, 0.05) is 19.6 Å². The molecule has 178 valence electrons. The Balaban J connectivity index is 1.79. The molecule has 34 heavy (non-hydrogen) atoms. The number of aromatic nitrogens is 4. The second kappa shape index (κ2) is 10.7. The standard InChI is InChI=1S/C26H31FN6O/c1-4-23(32(15-14-31(2)3)17-20-10-12-21(27)13-11-20)25-29-24-22(16-28-30-24)26(34)33(25)18-19-8-6-5-7-9-19/h5-13,16,23H,4,14-15,17-18H2,1-3H3,(H,28,30). The molecule has 0 radical (unpaired) electrons. The Morgan fingerprint density at radius 3 is 2.44 bits per heavy atom. The van der Waals surface area contributed by atoms with Crippen LogP contribution in [0, 0.1) is 5.82 Å². The summed E-state index contributed by atoms with van der Waals surface area (Å²) in [4.78, 5) is 22.9. The molecule has 2 heterocycles. The predicted octanol–water partition coefficient (Wildman–Crippen LogP) is 3.82. The molecule has 2 aromatic heterocycles. The summed E-state index contributed by atoms with van der Waals surface area (Å²) in [6.07, 6.45) is 2.30. The number of rotatable bonds is 10. The Bertz CT molecular complexity index is 1270. The molecule has 4 rings (SSSR count). The van der Waals surface area contributed by atoms with Crippen LogP contribution in [-0.4, -0.2) is 56.7 Å². The summed E-state index contributed by atoms with van der Waals surface area (Å²) in [7, 11) is 4.08. The fourth-order valence-electron chi connectivity index (χ4n) is 4.22. The Kier molecular flexibility index (Phi) is 7.49. The number of nitrogens with zero attached hydrogens (tertiary/aromatic N) is 5. The zero-order valence-electron chi connectivity index (χ0n) is 19.9. The van der Waals surface area contributed by atoms with Crippen LogP contribution in [-0.2, 0) is 13.1 Å². The number of H-pyrrole nitrogens is 1. The third-order valence-electron chi connectivity index (χ3n) is 6.04. The van der Waals surface area contributed by atoms with Gasteiger partial charge in [-0.05, 0) is 43.8 Å². The van der Waals surface area contributed by atoms with E-state index in [1.807, 2.05) is 56.6 Å². The fourth-order valence-corrected chi connectivity index (χ4v) is 4.22. The minimum atomic E-state index is -0.251. The van der Waals surface area contributed by atoms with E-state index in [0.29, 0.717) is 29.9 Å².